The van der Waals surface area contributed by atoms with E-state index in [4.69, 9.17) is 11.6 Å². The minimum Gasteiger partial charge on any atom is -0.279 e. The highest BCUT2D eigenvalue weighted by molar-refractivity contribution is 7.89. The summed E-state index contributed by atoms with van der Waals surface area (Å²) in [6.07, 6.45) is 3.21. The molecule has 2 aromatic heterocycles. The van der Waals surface area contributed by atoms with Crippen LogP contribution < -0.4 is 0 Å². The van der Waals surface area contributed by atoms with E-state index in [1.807, 2.05) is 13.8 Å². The van der Waals surface area contributed by atoms with Crippen molar-refractivity contribution >= 4 is 37.9 Å². The van der Waals surface area contributed by atoms with Crippen molar-refractivity contribution < 1.29 is 8.42 Å². The molecule has 19 heavy (non-hydrogen) atoms. The van der Waals surface area contributed by atoms with E-state index < -0.39 is 10.0 Å². The van der Waals surface area contributed by atoms with Crippen molar-refractivity contribution in [1.82, 2.24) is 13.7 Å². The molecule has 0 fully saturated rings. The fraction of sp³-hybridized carbons (Fsp3) is 0.545. The lowest BCUT2D eigenvalue weighted by Crippen LogP contribution is -2.33. The molecule has 106 valence electrons. The SMILES string of the molecule is CCCN(CCC)S(=O)(=O)c1c(Cl)nc2sccn12. The van der Waals surface area contributed by atoms with Crippen molar-refractivity contribution in [1.29, 1.82) is 0 Å². The molecule has 2 rings (SSSR count). The first-order chi connectivity index (χ1) is 9.02. The van der Waals surface area contributed by atoms with Gasteiger partial charge in [0.2, 0.25) is 0 Å². The second-order valence-corrected chi connectivity index (χ2v) is 7.25. The monoisotopic (exact) mass is 321 g/mol. The van der Waals surface area contributed by atoms with Crippen LogP contribution in [0.5, 0.6) is 0 Å². The number of sulfonamides is 1. The number of thiazole rings is 1. The molecule has 0 saturated carbocycles. The van der Waals surface area contributed by atoms with Gasteiger partial charge in [-0.2, -0.15) is 4.31 Å². The van der Waals surface area contributed by atoms with E-state index in [1.54, 1.807) is 16.0 Å². The predicted molar refractivity (Wildman–Crippen MR) is 77.4 cm³/mol. The average molecular weight is 322 g/mol. The van der Waals surface area contributed by atoms with E-state index in [2.05, 4.69) is 4.98 Å². The first kappa shape index (κ1) is 14.8. The van der Waals surface area contributed by atoms with E-state index in [1.165, 1.54) is 15.6 Å². The van der Waals surface area contributed by atoms with Gasteiger partial charge in [-0.3, -0.25) is 4.40 Å². The zero-order chi connectivity index (χ0) is 14.0. The van der Waals surface area contributed by atoms with Crippen LogP contribution in [0.1, 0.15) is 26.7 Å². The van der Waals surface area contributed by atoms with E-state index in [0.29, 0.717) is 18.1 Å². The molecule has 0 unspecified atom stereocenters. The number of aromatic nitrogens is 2. The third-order valence-electron chi connectivity index (χ3n) is 2.71. The Hall–Kier alpha value is -0.630. The topological polar surface area (TPSA) is 54.7 Å². The summed E-state index contributed by atoms with van der Waals surface area (Å²) in [6.45, 7) is 4.89. The predicted octanol–water partition coefficient (Wildman–Crippen LogP) is 2.86. The van der Waals surface area contributed by atoms with Gasteiger partial charge in [-0.15, -0.1) is 11.3 Å². The largest absolute Gasteiger partial charge is 0.279 e. The maximum Gasteiger partial charge on any atom is 0.262 e. The van der Waals surface area contributed by atoms with Crippen LogP contribution in [0.15, 0.2) is 16.6 Å². The van der Waals surface area contributed by atoms with Gasteiger partial charge in [-0.1, -0.05) is 25.4 Å². The normalized spacial score (nSPS) is 12.6. The van der Waals surface area contributed by atoms with Crippen molar-refractivity contribution in [2.24, 2.45) is 0 Å². The van der Waals surface area contributed by atoms with Crippen LogP contribution in [-0.4, -0.2) is 35.2 Å². The zero-order valence-electron chi connectivity index (χ0n) is 10.8. The molecule has 2 aromatic rings. The number of fused-ring (bicyclic) bond motifs is 1. The van der Waals surface area contributed by atoms with Crippen LogP contribution >= 0.6 is 22.9 Å². The maximum atomic E-state index is 12.7. The van der Waals surface area contributed by atoms with Crippen LogP contribution in [0, 0.1) is 0 Å². The molecule has 0 N–H and O–H groups in total. The molecule has 0 aliphatic heterocycles. The number of rotatable bonds is 6. The molecule has 0 radical (unpaired) electrons. The van der Waals surface area contributed by atoms with Gasteiger partial charge < -0.3 is 0 Å². The number of hydrogen-bond donors (Lipinski definition) is 0. The van der Waals surface area contributed by atoms with Crippen molar-refractivity contribution in [2.75, 3.05) is 13.1 Å². The van der Waals surface area contributed by atoms with E-state index in [0.717, 1.165) is 12.8 Å². The number of hydrogen-bond acceptors (Lipinski definition) is 4. The summed E-state index contributed by atoms with van der Waals surface area (Å²) in [5, 5.41) is 1.91. The molecular weight excluding hydrogens is 306 g/mol. The van der Waals surface area contributed by atoms with Crippen LogP contribution in [0.2, 0.25) is 5.15 Å². The summed E-state index contributed by atoms with van der Waals surface area (Å²) in [6, 6.07) is 0. The van der Waals surface area contributed by atoms with Crippen molar-refractivity contribution in [2.45, 2.75) is 31.7 Å². The summed E-state index contributed by atoms with van der Waals surface area (Å²) in [7, 11) is -3.60. The lowest BCUT2D eigenvalue weighted by molar-refractivity contribution is 0.407. The fourth-order valence-corrected chi connectivity index (χ4v) is 4.97. The second kappa shape index (κ2) is 5.78. The van der Waals surface area contributed by atoms with Crippen LogP contribution in [0.3, 0.4) is 0 Å². The Morgan fingerprint density at radius 3 is 2.58 bits per heavy atom. The second-order valence-electron chi connectivity index (χ2n) is 4.17. The van der Waals surface area contributed by atoms with Gasteiger partial charge in [-0.05, 0) is 12.8 Å². The smallest absolute Gasteiger partial charge is 0.262 e. The quantitative estimate of drug-likeness (QED) is 0.822. The van der Waals surface area contributed by atoms with E-state index in [9.17, 15) is 8.42 Å². The maximum absolute atomic E-state index is 12.7. The minimum atomic E-state index is -3.60. The number of halogens is 1. The van der Waals surface area contributed by atoms with Crippen LogP contribution in [0.4, 0.5) is 0 Å². The highest BCUT2D eigenvalue weighted by Crippen LogP contribution is 2.28. The first-order valence-corrected chi connectivity index (χ1v) is 8.83. The molecule has 0 spiro atoms. The Bertz CT molecular complexity index is 657. The minimum absolute atomic E-state index is 0.0454. The lowest BCUT2D eigenvalue weighted by atomic mass is 10.4. The molecular formula is C11H16ClN3O2S2. The lowest BCUT2D eigenvalue weighted by Gasteiger charge is -2.20. The van der Waals surface area contributed by atoms with Gasteiger partial charge in [0, 0.05) is 24.7 Å². The summed E-state index contributed by atoms with van der Waals surface area (Å²) in [4.78, 5) is 4.68. The van der Waals surface area contributed by atoms with Crippen molar-refractivity contribution in [3.8, 4) is 0 Å². The summed E-state index contributed by atoms with van der Waals surface area (Å²) >= 11 is 7.37. The van der Waals surface area contributed by atoms with Gasteiger partial charge in [0.1, 0.15) is 0 Å². The summed E-state index contributed by atoms with van der Waals surface area (Å²) in [5.41, 5.74) is 0. The molecule has 0 amide bonds. The van der Waals surface area contributed by atoms with Crippen molar-refractivity contribution in [3.05, 3.63) is 16.7 Å². The van der Waals surface area contributed by atoms with Gasteiger partial charge in [0.15, 0.2) is 15.1 Å². The Morgan fingerprint density at radius 2 is 2.00 bits per heavy atom. The number of nitrogens with zero attached hydrogens (tertiary/aromatic N) is 3. The fourth-order valence-electron chi connectivity index (χ4n) is 1.94. The zero-order valence-corrected chi connectivity index (χ0v) is 13.2. The molecule has 2 heterocycles. The van der Waals surface area contributed by atoms with Gasteiger partial charge in [0.25, 0.3) is 10.0 Å². The molecule has 0 aromatic carbocycles. The first-order valence-electron chi connectivity index (χ1n) is 6.13. The Balaban J connectivity index is 2.53. The molecule has 0 aliphatic carbocycles. The Morgan fingerprint density at radius 1 is 1.37 bits per heavy atom. The molecule has 0 bridgehead atoms. The Kier molecular flexibility index (Phi) is 4.50. The summed E-state index contributed by atoms with van der Waals surface area (Å²) in [5.74, 6) is 0. The molecule has 0 aliphatic rings. The third kappa shape index (κ3) is 2.65. The van der Waals surface area contributed by atoms with E-state index in [-0.39, 0.29) is 10.2 Å². The highest BCUT2D eigenvalue weighted by Gasteiger charge is 2.30. The van der Waals surface area contributed by atoms with Crippen LogP contribution in [0.25, 0.3) is 4.96 Å². The summed E-state index contributed by atoms with van der Waals surface area (Å²) < 4.78 is 28.4. The average Bonchev–Trinajstić information content (AvgIpc) is 2.87. The van der Waals surface area contributed by atoms with Gasteiger partial charge in [0.05, 0.1) is 0 Å². The molecule has 8 heteroatoms. The third-order valence-corrected chi connectivity index (χ3v) is 5.76. The van der Waals surface area contributed by atoms with E-state index >= 15 is 0 Å². The van der Waals surface area contributed by atoms with Crippen molar-refractivity contribution in [3.63, 3.8) is 0 Å². The number of imidazole rings is 1. The Labute approximate surface area is 121 Å². The van der Waals surface area contributed by atoms with Gasteiger partial charge >= 0.3 is 0 Å². The van der Waals surface area contributed by atoms with Crippen LogP contribution in [-0.2, 0) is 10.0 Å². The standard InChI is InChI=1S/C11H16ClN3O2S2/c1-3-5-14(6-4-2)19(16,17)10-9(12)13-11-15(10)7-8-18-11/h7-8H,3-6H2,1-2H3. The molecule has 0 saturated heterocycles. The molecule has 5 nitrogen and oxygen atoms in total. The molecule has 0 atom stereocenters. The van der Waals surface area contributed by atoms with Gasteiger partial charge in [-0.25, -0.2) is 13.4 Å². The highest BCUT2D eigenvalue weighted by atomic mass is 35.5.